The predicted octanol–water partition coefficient (Wildman–Crippen LogP) is -0.212. The summed E-state index contributed by atoms with van der Waals surface area (Å²) < 4.78 is 12.3. The summed E-state index contributed by atoms with van der Waals surface area (Å²) in [5.41, 5.74) is 1.65. The van der Waals surface area contributed by atoms with Gasteiger partial charge in [0.2, 0.25) is 5.95 Å². The van der Waals surface area contributed by atoms with Crippen LogP contribution in [0.5, 0.6) is 0 Å². The first-order chi connectivity index (χ1) is 4.18. The quantitative estimate of drug-likeness (QED) is 0.343. The van der Waals surface area contributed by atoms with E-state index in [2.05, 4.69) is 4.98 Å². The van der Waals surface area contributed by atoms with Crippen LogP contribution in [0.2, 0.25) is 0 Å². The zero-order chi connectivity index (χ0) is 6.85. The van der Waals surface area contributed by atoms with Gasteiger partial charge in [0.15, 0.2) is 0 Å². The van der Waals surface area contributed by atoms with E-state index in [4.69, 9.17) is 0 Å². The fourth-order valence-corrected chi connectivity index (χ4v) is 0.792. The standard InChI is InChI=1S/C6H7BFN/c1-4-2-5(7)3-6(8)9-4/h2-3H,7H2,1H3. The number of hydrogen-bond acceptors (Lipinski definition) is 1. The Labute approximate surface area is 54.3 Å². The normalized spacial score (nSPS) is 9.56. The molecule has 9 heavy (non-hydrogen) atoms. The Morgan fingerprint density at radius 1 is 1.56 bits per heavy atom. The van der Waals surface area contributed by atoms with Gasteiger partial charge in [-0.3, -0.25) is 0 Å². The minimum absolute atomic E-state index is 0.396. The number of hydrogen-bond donors (Lipinski definition) is 0. The molecule has 1 aromatic heterocycles. The Hall–Kier alpha value is -0.855. The highest BCUT2D eigenvalue weighted by atomic mass is 19.1. The van der Waals surface area contributed by atoms with Crippen LogP contribution in [0.25, 0.3) is 0 Å². The minimum Gasteiger partial charge on any atom is -0.225 e. The van der Waals surface area contributed by atoms with Crippen LogP contribution in [0.1, 0.15) is 5.69 Å². The average molecular weight is 123 g/mol. The van der Waals surface area contributed by atoms with Crippen LogP contribution in [0.4, 0.5) is 4.39 Å². The fraction of sp³-hybridized carbons (Fsp3) is 0.167. The first kappa shape index (κ1) is 6.27. The van der Waals surface area contributed by atoms with Gasteiger partial charge in [0.25, 0.3) is 0 Å². The molecule has 0 unspecified atom stereocenters. The molecule has 0 radical (unpaired) electrons. The molecule has 0 bridgehead atoms. The maximum absolute atomic E-state index is 12.3. The van der Waals surface area contributed by atoms with Gasteiger partial charge in [-0.2, -0.15) is 4.39 Å². The van der Waals surface area contributed by atoms with E-state index in [1.807, 2.05) is 13.9 Å². The van der Waals surface area contributed by atoms with E-state index in [1.165, 1.54) is 6.07 Å². The second-order valence-electron chi connectivity index (χ2n) is 2.11. The van der Waals surface area contributed by atoms with Crippen molar-refractivity contribution in [2.24, 2.45) is 0 Å². The Morgan fingerprint density at radius 3 is 2.67 bits per heavy atom. The van der Waals surface area contributed by atoms with E-state index < -0.39 is 5.95 Å². The maximum atomic E-state index is 12.3. The van der Waals surface area contributed by atoms with Gasteiger partial charge in [0, 0.05) is 5.69 Å². The number of pyridine rings is 1. The van der Waals surface area contributed by atoms with Gasteiger partial charge in [0.05, 0.1) is 0 Å². The van der Waals surface area contributed by atoms with Crippen molar-refractivity contribution in [1.82, 2.24) is 4.98 Å². The lowest BCUT2D eigenvalue weighted by Crippen LogP contribution is -2.05. The predicted molar refractivity (Wildman–Crippen MR) is 37.1 cm³/mol. The van der Waals surface area contributed by atoms with Crippen LogP contribution in [0.15, 0.2) is 12.1 Å². The Kier molecular flexibility index (Phi) is 1.51. The van der Waals surface area contributed by atoms with E-state index in [0.717, 1.165) is 11.2 Å². The van der Waals surface area contributed by atoms with Gasteiger partial charge in [-0.1, -0.05) is 5.46 Å². The Balaban J connectivity index is 3.17. The lowest BCUT2D eigenvalue weighted by Gasteiger charge is -1.93. The van der Waals surface area contributed by atoms with Crippen molar-refractivity contribution < 1.29 is 4.39 Å². The third kappa shape index (κ3) is 1.52. The molecule has 0 saturated carbocycles. The second-order valence-corrected chi connectivity index (χ2v) is 2.11. The molecule has 0 amide bonds. The van der Waals surface area contributed by atoms with E-state index in [1.54, 1.807) is 6.92 Å². The number of nitrogens with zero attached hydrogens (tertiary/aromatic N) is 1. The molecule has 46 valence electrons. The molecule has 1 rings (SSSR count). The zero-order valence-electron chi connectivity index (χ0n) is 5.48. The van der Waals surface area contributed by atoms with Crippen LogP contribution in [-0.4, -0.2) is 12.8 Å². The van der Waals surface area contributed by atoms with Crippen LogP contribution >= 0.6 is 0 Å². The molecule has 0 fully saturated rings. The molecule has 0 spiro atoms. The number of aryl methyl sites for hydroxylation is 1. The first-order valence-corrected chi connectivity index (χ1v) is 2.79. The van der Waals surface area contributed by atoms with Crippen molar-refractivity contribution in [1.29, 1.82) is 0 Å². The molecule has 0 saturated heterocycles. The van der Waals surface area contributed by atoms with Gasteiger partial charge in [0.1, 0.15) is 7.85 Å². The molecule has 3 heteroatoms. The van der Waals surface area contributed by atoms with Crippen molar-refractivity contribution in [3.8, 4) is 0 Å². The van der Waals surface area contributed by atoms with Gasteiger partial charge < -0.3 is 0 Å². The zero-order valence-corrected chi connectivity index (χ0v) is 5.48. The second kappa shape index (κ2) is 2.17. The molecule has 0 aliphatic carbocycles. The summed E-state index contributed by atoms with van der Waals surface area (Å²) >= 11 is 0. The third-order valence-corrected chi connectivity index (χ3v) is 1.07. The summed E-state index contributed by atoms with van der Waals surface area (Å²) in [6.07, 6.45) is 0. The molecule has 1 nitrogen and oxygen atoms in total. The number of aromatic nitrogens is 1. The van der Waals surface area contributed by atoms with Crippen LogP contribution < -0.4 is 5.46 Å². The van der Waals surface area contributed by atoms with Crippen molar-refractivity contribution in [3.63, 3.8) is 0 Å². The highest BCUT2D eigenvalue weighted by molar-refractivity contribution is 6.32. The van der Waals surface area contributed by atoms with Crippen molar-refractivity contribution in [2.45, 2.75) is 6.92 Å². The van der Waals surface area contributed by atoms with Crippen molar-refractivity contribution in [3.05, 3.63) is 23.8 Å². The highest BCUT2D eigenvalue weighted by Crippen LogP contribution is 1.91. The molecule has 0 aromatic carbocycles. The van der Waals surface area contributed by atoms with Gasteiger partial charge in [-0.25, -0.2) is 4.98 Å². The average Bonchev–Trinajstić information content (AvgIpc) is 1.59. The molecular formula is C6H7BFN. The minimum atomic E-state index is -0.396. The number of rotatable bonds is 0. The monoisotopic (exact) mass is 123 g/mol. The molecule has 1 aromatic rings. The Morgan fingerprint density at radius 2 is 2.22 bits per heavy atom. The largest absolute Gasteiger partial charge is 0.225 e. The first-order valence-electron chi connectivity index (χ1n) is 2.79. The molecule has 0 atom stereocenters. The van der Waals surface area contributed by atoms with Gasteiger partial charge in [-0.15, -0.1) is 0 Å². The SMILES string of the molecule is Bc1cc(C)nc(F)c1. The summed E-state index contributed by atoms with van der Waals surface area (Å²) in [4.78, 5) is 3.57. The molecule has 0 aliphatic heterocycles. The summed E-state index contributed by atoms with van der Waals surface area (Å²) in [5.74, 6) is -0.396. The summed E-state index contributed by atoms with van der Waals surface area (Å²) in [7, 11) is 1.84. The van der Waals surface area contributed by atoms with E-state index in [0.29, 0.717) is 0 Å². The van der Waals surface area contributed by atoms with Crippen molar-refractivity contribution in [2.75, 3.05) is 0 Å². The smallest absolute Gasteiger partial charge is 0.212 e. The van der Waals surface area contributed by atoms with E-state index >= 15 is 0 Å². The summed E-state index contributed by atoms with van der Waals surface area (Å²) in [6.45, 7) is 1.77. The Bertz CT molecular complexity index is 174. The van der Waals surface area contributed by atoms with Crippen LogP contribution in [0, 0.1) is 12.9 Å². The van der Waals surface area contributed by atoms with Gasteiger partial charge >= 0.3 is 0 Å². The maximum Gasteiger partial charge on any atom is 0.212 e. The van der Waals surface area contributed by atoms with Crippen LogP contribution in [-0.2, 0) is 0 Å². The lowest BCUT2D eigenvalue weighted by atomic mass is 9.97. The number of halogens is 1. The topological polar surface area (TPSA) is 12.9 Å². The molecule has 0 N–H and O–H groups in total. The highest BCUT2D eigenvalue weighted by Gasteiger charge is 1.92. The van der Waals surface area contributed by atoms with Gasteiger partial charge in [-0.05, 0) is 19.1 Å². The summed E-state index contributed by atoms with van der Waals surface area (Å²) in [6, 6.07) is 3.25. The van der Waals surface area contributed by atoms with E-state index in [-0.39, 0.29) is 0 Å². The van der Waals surface area contributed by atoms with Crippen LogP contribution in [0.3, 0.4) is 0 Å². The summed E-state index contributed by atoms with van der Waals surface area (Å²) in [5, 5.41) is 0. The van der Waals surface area contributed by atoms with E-state index in [9.17, 15) is 4.39 Å². The lowest BCUT2D eigenvalue weighted by molar-refractivity contribution is 0.581. The molecular weight excluding hydrogens is 116 g/mol. The molecule has 1 heterocycles. The fourth-order valence-electron chi connectivity index (χ4n) is 0.792. The van der Waals surface area contributed by atoms with Crippen molar-refractivity contribution >= 4 is 13.3 Å². The molecule has 0 aliphatic rings. The third-order valence-electron chi connectivity index (χ3n) is 1.07.